The fourth-order valence-electron chi connectivity index (χ4n) is 2.61. The van der Waals surface area contributed by atoms with Gasteiger partial charge in [0.05, 0.1) is 6.54 Å². The van der Waals surface area contributed by atoms with Crippen molar-refractivity contribution >= 4 is 11.9 Å². The van der Waals surface area contributed by atoms with Crippen LogP contribution in [-0.2, 0) is 15.0 Å². The summed E-state index contributed by atoms with van der Waals surface area (Å²) >= 11 is 0. The maximum Gasteiger partial charge on any atom is 0.346 e. The Morgan fingerprint density at radius 3 is 2.33 bits per heavy atom. The number of carbonyl (C=O) groups excluding carboxylic acids is 1. The first-order valence-corrected chi connectivity index (χ1v) is 8.75. The molecule has 6 heteroatoms. The Hall–Kier alpha value is -2.89. The quantitative estimate of drug-likeness (QED) is 0.705. The number of hydrogen-bond donors (Lipinski definition) is 2. The van der Waals surface area contributed by atoms with E-state index in [2.05, 4.69) is 19.2 Å². The van der Waals surface area contributed by atoms with Crippen LogP contribution in [0, 0.1) is 5.82 Å². The first kappa shape index (κ1) is 20.4. The first-order chi connectivity index (χ1) is 12.8. The molecule has 2 rings (SSSR count). The highest BCUT2D eigenvalue weighted by Crippen LogP contribution is 2.27. The smallest absolute Gasteiger partial charge is 0.346 e. The van der Waals surface area contributed by atoms with E-state index in [4.69, 9.17) is 4.74 Å². The van der Waals surface area contributed by atoms with Crippen LogP contribution in [-0.4, -0.2) is 29.6 Å². The molecule has 1 unspecified atom stereocenters. The second-order valence-corrected chi connectivity index (χ2v) is 6.95. The zero-order valence-electron chi connectivity index (χ0n) is 15.4. The molecule has 5 nitrogen and oxygen atoms in total. The Labute approximate surface area is 158 Å². The first-order valence-electron chi connectivity index (χ1n) is 8.75. The molecule has 144 valence electrons. The van der Waals surface area contributed by atoms with Crippen LogP contribution in [0.3, 0.4) is 0 Å². The molecule has 27 heavy (non-hydrogen) atoms. The SMILES string of the molecule is CC(C)(CCC(=O)NCC(Oc1ccc(F)cc1)C(=O)O)c1ccccc1. The van der Waals surface area contributed by atoms with Gasteiger partial charge in [0.2, 0.25) is 12.0 Å². The number of rotatable bonds is 9. The highest BCUT2D eigenvalue weighted by atomic mass is 19.1. The van der Waals surface area contributed by atoms with Crippen LogP contribution in [0.4, 0.5) is 4.39 Å². The molecule has 0 spiro atoms. The van der Waals surface area contributed by atoms with E-state index in [9.17, 15) is 19.1 Å². The highest BCUT2D eigenvalue weighted by molar-refractivity contribution is 5.78. The molecule has 0 aliphatic carbocycles. The minimum Gasteiger partial charge on any atom is -0.478 e. The van der Waals surface area contributed by atoms with Gasteiger partial charge in [0.25, 0.3) is 0 Å². The number of aliphatic carboxylic acids is 1. The van der Waals surface area contributed by atoms with Gasteiger partial charge < -0.3 is 15.2 Å². The molecular weight excluding hydrogens is 349 g/mol. The van der Waals surface area contributed by atoms with Crippen molar-refractivity contribution in [1.29, 1.82) is 0 Å². The summed E-state index contributed by atoms with van der Waals surface area (Å²) in [7, 11) is 0. The molecular formula is C21H24FNO4. The molecule has 1 atom stereocenters. The average molecular weight is 373 g/mol. The van der Waals surface area contributed by atoms with Crippen LogP contribution in [0.1, 0.15) is 32.3 Å². The lowest BCUT2D eigenvalue weighted by Crippen LogP contribution is -2.40. The van der Waals surface area contributed by atoms with Crippen molar-refractivity contribution in [2.45, 2.75) is 38.2 Å². The Balaban J connectivity index is 1.85. The summed E-state index contributed by atoms with van der Waals surface area (Å²) in [5.41, 5.74) is 0.968. The van der Waals surface area contributed by atoms with Crippen molar-refractivity contribution in [3.8, 4) is 5.75 Å². The molecule has 2 aromatic carbocycles. The van der Waals surface area contributed by atoms with Gasteiger partial charge in [0.1, 0.15) is 11.6 Å². The third-order valence-corrected chi connectivity index (χ3v) is 4.38. The Kier molecular flexibility index (Phi) is 6.93. The number of hydrogen-bond acceptors (Lipinski definition) is 3. The van der Waals surface area contributed by atoms with E-state index < -0.39 is 17.9 Å². The monoisotopic (exact) mass is 373 g/mol. The molecule has 0 aliphatic heterocycles. The van der Waals surface area contributed by atoms with Crippen molar-refractivity contribution in [1.82, 2.24) is 5.32 Å². The molecule has 2 N–H and O–H groups in total. The van der Waals surface area contributed by atoms with E-state index in [1.165, 1.54) is 24.3 Å². The van der Waals surface area contributed by atoms with Crippen LogP contribution in [0.2, 0.25) is 0 Å². The number of amides is 1. The predicted molar refractivity (Wildman–Crippen MR) is 100 cm³/mol. The van der Waals surface area contributed by atoms with Crippen molar-refractivity contribution in [2.24, 2.45) is 0 Å². The second-order valence-electron chi connectivity index (χ2n) is 6.95. The molecule has 1 amide bonds. The maximum absolute atomic E-state index is 12.9. The van der Waals surface area contributed by atoms with Gasteiger partial charge in [-0.15, -0.1) is 0 Å². The topological polar surface area (TPSA) is 75.6 Å². The lowest BCUT2D eigenvalue weighted by molar-refractivity contribution is -0.145. The summed E-state index contributed by atoms with van der Waals surface area (Å²) in [4.78, 5) is 23.5. The number of carboxylic acids is 1. The number of carboxylic acid groups (broad SMARTS) is 1. The zero-order chi connectivity index (χ0) is 19.9. The Bertz CT molecular complexity index is 760. The van der Waals surface area contributed by atoms with Gasteiger partial charge >= 0.3 is 5.97 Å². The van der Waals surface area contributed by atoms with Gasteiger partial charge in [-0.25, -0.2) is 9.18 Å². The normalized spacial score (nSPS) is 12.3. The average Bonchev–Trinajstić information content (AvgIpc) is 2.65. The van der Waals surface area contributed by atoms with Crippen LogP contribution >= 0.6 is 0 Å². The molecule has 0 fully saturated rings. The summed E-state index contributed by atoms with van der Waals surface area (Å²) in [5.74, 6) is -1.66. The summed E-state index contributed by atoms with van der Waals surface area (Å²) in [5, 5.41) is 11.9. The summed E-state index contributed by atoms with van der Waals surface area (Å²) < 4.78 is 18.2. The Morgan fingerprint density at radius 1 is 1.11 bits per heavy atom. The molecule has 0 saturated heterocycles. The summed E-state index contributed by atoms with van der Waals surface area (Å²) in [6.07, 6.45) is -0.356. The molecule has 0 saturated carbocycles. The minimum absolute atomic E-state index is 0.169. The van der Waals surface area contributed by atoms with E-state index in [0.717, 1.165) is 5.56 Å². The number of nitrogens with one attached hydrogen (secondary N) is 1. The van der Waals surface area contributed by atoms with E-state index in [0.29, 0.717) is 6.42 Å². The van der Waals surface area contributed by atoms with E-state index in [1.54, 1.807) is 0 Å². The molecule has 2 aromatic rings. The number of benzene rings is 2. The van der Waals surface area contributed by atoms with Crippen molar-refractivity contribution in [2.75, 3.05) is 6.54 Å². The zero-order valence-corrected chi connectivity index (χ0v) is 15.4. The largest absolute Gasteiger partial charge is 0.478 e. The van der Waals surface area contributed by atoms with E-state index in [1.807, 2.05) is 30.3 Å². The van der Waals surface area contributed by atoms with E-state index in [-0.39, 0.29) is 30.0 Å². The van der Waals surface area contributed by atoms with Crippen LogP contribution < -0.4 is 10.1 Å². The van der Waals surface area contributed by atoms with Crippen LogP contribution in [0.15, 0.2) is 54.6 Å². The van der Waals surface area contributed by atoms with Gasteiger partial charge in [-0.1, -0.05) is 44.2 Å². The van der Waals surface area contributed by atoms with Gasteiger partial charge in [-0.05, 0) is 41.7 Å². The lowest BCUT2D eigenvalue weighted by Gasteiger charge is -2.25. The predicted octanol–water partition coefficient (Wildman–Crippen LogP) is 3.53. The summed E-state index contributed by atoms with van der Waals surface area (Å²) in [6, 6.07) is 15.0. The third-order valence-electron chi connectivity index (χ3n) is 4.38. The number of carbonyl (C=O) groups is 2. The number of ether oxygens (including phenoxy) is 1. The molecule has 0 aliphatic rings. The molecule has 0 radical (unpaired) electrons. The van der Waals surface area contributed by atoms with E-state index >= 15 is 0 Å². The Morgan fingerprint density at radius 2 is 1.74 bits per heavy atom. The highest BCUT2D eigenvalue weighted by Gasteiger charge is 2.23. The molecule has 0 bridgehead atoms. The van der Waals surface area contributed by atoms with Crippen molar-refractivity contribution in [3.63, 3.8) is 0 Å². The van der Waals surface area contributed by atoms with Crippen molar-refractivity contribution in [3.05, 3.63) is 66.0 Å². The third kappa shape index (κ3) is 6.40. The molecule has 0 aromatic heterocycles. The fourth-order valence-corrected chi connectivity index (χ4v) is 2.61. The molecule has 0 heterocycles. The van der Waals surface area contributed by atoms with Gasteiger partial charge in [-0.2, -0.15) is 0 Å². The van der Waals surface area contributed by atoms with Gasteiger partial charge in [-0.3, -0.25) is 4.79 Å². The fraction of sp³-hybridized carbons (Fsp3) is 0.333. The van der Waals surface area contributed by atoms with Crippen LogP contribution in [0.25, 0.3) is 0 Å². The lowest BCUT2D eigenvalue weighted by atomic mass is 9.80. The second kappa shape index (κ2) is 9.16. The van der Waals surface area contributed by atoms with Crippen LogP contribution in [0.5, 0.6) is 5.75 Å². The van der Waals surface area contributed by atoms with Gasteiger partial charge in [0, 0.05) is 6.42 Å². The van der Waals surface area contributed by atoms with Gasteiger partial charge in [0.15, 0.2) is 0 Å². The standard InChI is InChI=1S/C21H24FNO4/c1-21(2,15-6-4-3-5-7-15)13-12-19(24)23-14-18(20(25)26)27-17-10-8-16(22)9-11-17/h3-11,18H,12-14H2,1-2H3,(H,23,24)(H,25,26). The van der Waals surface area contributed by atoms with Crippen molar-refractivity contribution < 1.29 is 23.8 Å². The summed E-state index contributed by atoms with van der Waals surface area (Å²) in [6.45, 7) is 3.96. The minimum atomic E-state index is -1.25. The maximum atomic E-state index is 12.9. The number of halogens is 1.